The first-order valence-electron chi connectivity index (χ1n) is 8.41. The Hall–Kier alpha value is -0.876. The van der Waals surface area contributed by atoms with Crippen molar-refractivity contribution in [3.8, 4) is 11.8 Å². The van der Waals surface area contributed by atoms with Crippen molar-refractivity contribution in [2.75, 3.05) is 13.2 Å². The number of aliphatic hydroxyl groups excluding tert-OH is 1. The van der Waals surface area contributed by atoms with Crippen molar-refractivity contribution in [1.29, 1.82) is 0 Å². The first-order chi connectivity index (χ1) is 10.7. The number of ether oxygens (including phenoxy) is 1. The Kier molecular flexibility index (Phi) is 8.67. The van der Waals surface area contributed by atoms with Gasteiger partial charge in [0, 0.05) is 0 Å². The van der Waals surface area contributed by atoms with E-state index in [9.17, 15) is 9.90 Å². The average molecular weight is 371 g/mol. The van der Waals surface area contributed by atoms with E-state index in [1.807, 2.05) is 0 Å². The van der Waals surface area contributed by atoms with E-state index < -0.39 is 28.5 Å². The second-order valence-corrected chi connectivity index (χ2v) is 18.3. The molecule has 0 bridgehead atoms. The van der Waals surface area contributed by atoms with Gasteiger partial charge < -0.3 is 14.3 Å². The third kappa shape index (κ3) is 7.35. The Morgan fingerprint density at radius 2 is 1.75 bits per heavy atom. The number of carbonyl (C=O) groups is 1. The van der Waals surface area contributed by atoms with Gasteiger partial charge in [-0.05, 0) is 36.3 Å². The maximum Gasteiger partial charge on any atom is 0.338 e. The molecule has 0 aliphatic heterocycles. The van der Waals surface area contributed by atoms with Crippen molar-refractivity contribution in [1.82, 2.24) is 0 Å². The molecule has 0 aliphatic carbocycles. The number of carbonyl (C=O) groups excluding carboxylic acids is 1. The highest BCUT2D eigenvalue weighted by Crippen LogP contribution is 2.36. The van der Waals surface area contributed by atoms with Gasteiger partial charge in [-0.15, -0.1) is 0 Å². The first kappa shape index (κ1) is 23.1. The minimum Gasteiger partial charge on any atom is -0.464 e. The van der Waals surface area contributed by atoms with E-state index in [2.05, 4.69) is 65.3 Å². The molecule has 0 saturated heterocycles. The van der Waals surface area contributed by atoms with Gasteiger partial charge in [-0.3, -0.25) is 0 Å². The van der Waals surface area contributed by atoms with Gasteiger partial charge in [0.25, 0.3) is 0 Å². The summed E-state index contributed by atoms with van der Waals surface area (Å²) in [5.74, 6) is 5.33. The van der Waals surface area contributed by atoms with Crippen LogP contribution < -0.4 is 0 Å². The summed E-state index contributed by atoms with van der Waals surface area (Å²) in [6.07, 6.45) is 0.440. The van der Waals surface area contributed by atoms with Crippen LogP contribution in [0.2, 0.25) is 37.8 Å². The SMILES string of the molecule is CCOC(=O)C(O)/C(=C/C#CCO[Si](C)(C)C(C)(C)C)[Si](C)(C)C. The zero-order valence-corrected chi connectivity index (χ0v) is 18.7. The Labute approximate surface area is 149 Å². The van der Waals surface area contributed by atoms with Gasteiger partial charge in [0.2, 0.25) is 0 Å². The normalized spacial score (nSPS) is 14.7. The number of hydrogen-bond donors (Lipinski definition) is 1. The van der Waals surface area contributed by atoms with Crippen molar-refractivity contribution >= 4 is 22.4 Å². The van der Waals surface area contributed by atoms with Crippen LogP contribution in [0.15, 0.2) is 11.3 Å². The van der Waals surface area contributed by atoms with E-state index in [1.54, 1.807) is 13.0 Å². The predicted molar refractivity (Wildman–Crippen MR) is 105 cm³/mol. The molecule has 0 aromatic heterocycles. The fourth-order valence-electron chi connectivity index (χ4n) is 1.66. The molecule has 0 radical (unpaired) electrons. The van der Waals surface area contributed by atoms with Crippen LogP contribution in [0, 0.1) is 11.8 Å². The Balaban J connectivity index is 5.09. The van der Waals surface area contributed by atoms with Gasteiger partial charge in [-0.25, -0.2) is 4.79 Å². The predicted octanol–water partition coefficient (Wildman–Crippen LogP) is 3.74. The molecule has 0 rings (SSSR count). The van der Waals surface area contributed by atoms with Gasteiger partial charge >= 0.3 is 5.97 Å². The molecular weight excluding hydrogens is 336 g/mol. The molecular formula is C18H34O4Si2. The zero-order chi connectivity index (χ0) is 19.2. The van der Waals surface area contributed by atoms with E-state index in [0.717, 1.165) is 0 Å². The topological polar surface area (TPSA) is 55.8 Å². The van der Waals surface area contributed by atoms with Crippen LogP contribution in [-0.2, 0) is 14.0 Å². The summed E-state index contributed by atoms with van der Waals surface area (Å²) in [4.78, 5) is 11.8. The highest BCUT2D eigenvalue weighted by molar-refractivity contribution is 6.83. The van der Waals surface area contributed by atoms with Crippen molar-refractivity contribution in [2.45, 2.75) is 71.6 Å². The van der Waals surface area contributed by atoms with E-state index in [1.165, 1.54) is 0 Å². The molecule has 0 fully saturated rings. The molecule has 1 atom stereocenters. The summed E-state index contributed by atoms with van der Waals surface area (Å²) in [5, 5.41) is 11.1. The van der Waals surface area contributed by atoms with Gasteiger partial charge in [-0.1, -0.05) is 52.3 Å². The molecule has 24 heavy (non-hydrogen) atoms. The minimum absolute atomic E-state index is 0.147. The number of allylic oxidation sites excluding steroid dienone is 1. The molecule has 1 N–H and O–H groups in total. The second-order valence-electron chi connectivity index (χ2n) is 8.37. The van der Waals surface area contributed by atoms with Crippen LogP contribution in [0.1, 0.15) is 27.7 Å². The quantitative estimate of drug-likeness (QED) is 0.440. The number of aliphatic hydroxyl groups is 1. The summed E-state index contributed by atoms with van der Waals surface area (Å²) in [5.41, 5.74) is 0. The van der Waals surface area contributed by atoms with Crippen LogP contribution in [-0.4, -0.2) is 46.8 Å². The van der Waals surface area contributed by atoms with Crippen molar-refractivity contribution in [2.24, 2.45) is 0 Å². The minimum atomic E-state index is -1.89. The summed E-state index contributed by atoms with van der Waals surface area (Å²) in [6.45, 7) is 19.5. The van der Waals surface area contributed by atoms with Crippen LogP contribution in [0.25, 0.3) is 0 Å². The molecule has 1 unspecified atom stereocenters. The smallest absolute Gasteiger partial charge is 0.338 e. The van der Waals surface area contributed by atoms with Crippen LogP contribution in [0.5, 0.6) is 0 Å². The van der Waals surface area contributed by atoms with Crippen LogP contribution >= 0.6 is 0 Å². The monoisotopic (exact) mass is 370 g/mol. The molecule has 4 nitrogen and oxygen atoms in total. The van der Waals surface area contributed by atoms with E-state index >= 15 is 0 Å². The summed E-state index contributed by atoms with van der Waals surface area (Å²) < 4.78 is 10.9. The molecule has 6 heteroatoms. The maximum atomic E-state index is 11.8. The van der Waals surface area contributed by atoms with Gasteiger partial charge in [-0.2, -0.15) is 0 Å². The standard InChI is InChI=1S/C18H34O4Si2/c1-10-21-17(20)16(19)15(23(5,6)7)13-11-12-14-22-24(8,9)18(2,3)4/h13,16,19H,10,14H2,1-9H3/b15-13-. The summed E-state index contributed by atoms with van der Waals surface area (Å²) >= 11 is 0. The van der Waals surface area contributed by atoms with Crippen molar-refractivity contribution in [3.05, 3.63) is 11.3 Å². The highest BCUT2D eigenvalue weighted by atomic mass is 28.4. The van der Waals surface area contributed by atoms with Crippen LogP contribution in [0.3, 0.4) is 0 Å². The second kappa shape index (κ2) is 9.00. The van der Waals surface area contributed by atoms with Gasteiger partial charge in [0.1, 0.15) is 0 Å². The Morgan fingerprint density at radius 3 is 2.17 bits per heavy atom. The molecule has 138 valence electrons. The molecule has 0 aliphatic rings. The van der Waals surface area contributed by atoms with E-state index in [0.29, 0.717) is 11.8 Å². The fourth-order valence-corrected chi connectivity index (χ4v) is 3.97. The highest BCUT2D eigenvalue weighted by Gasteiger charge is 2.36. The average Bonchev–Trinajstić information content (AvgIpc) is 2.39. The van der Waals surface area contributed by atoms with Crippen molar-refractivity contribution in [3.63, 3.8) is 0 Å². The third-order valence-corrected chi connectivity index (χ3v) is 10.9. The zero-order valence-electron chi connectivity index (χ0n) is 16.7. The number of hydrogen-bond acceptors (Lipinski definition) is 4. The van der Waals surface area contributed by atoms with Gasteiger partial charge in [0.15, 0.2) is 14.4 Å². The summed E-state index contributed by atoms with van der Waals surface area (Å²) in [6, 6.07) is 0. The first-order valence-corrected chi connectivity index (χ1v) is 14.8. The Bertz CT molecular complexity index is 514. The lowest BCUT2D eigenvalue weighted by molar-refractivity contribution is -0.150. The lowest BCUT2D eigenvalue weighted by Crippen LogP contribution is -2.40. The summed E-state index contributed by atoms with van der Waals surface area (Å²) in [7, 11) is -3.70. The van der Waals surface area contributed by atoms with Gasteiger partial charge in [0.05, 0.1) is 21.3 Å². The lowest BCUT2D eigenvalue weighted by Gasteiger charge is -2.35. The lowest BCUT2D eigenvalue weighted by atomic mass is 10.2. The fraction of sp³-hybridized carbons (Fsp3) is 0.722. The van der Waals surface area contributed by atoms with Crippen LogP contribution in [0.4, 0.5) is 0 Å². The molecule has 0 heterocycles. The molecule has 0 amide bonds. The molecule has 0 saturated carbocycles. The third-order valence-electron chi connectivity index (χ3n) is 4.31. The maximum absolute atomic E-state index is 11.8. The molecule has 0 spiro atoms. The molecule has 0 aromatic carbocycles. The number of rotatable bonds is 6. The Morgan fingerprint density at radius 1 is 1.21 bits per heavy atom. The van der Waals surface area contributed by atoms with E-state index in [4.69, 9.17) is 9.16 Å². The van der Waals surface area contributed by atoms with Crippen molar-refractivity contribution < 1.29 is 19.1 Å². The number of esters is 1. The van der Waals surface area contributed by atoms with E-state index in [-0.39, 0.29) is 11.6 Å². The molecule has 0 aromatic rings. The largest absolute Gasteiger partial charge is 0.464 e.